The number of benzene rings is 1. The van der Waals surface area contributed by atoms with E-state index in [4.69, 9.17) is 17.3 Å². The molecule has 0 saturated carbocycles. The van der Waals surface area contributed by atoms with Crippen LogP contribution in [0.3, 0.4) is 0 Å². The van der Waals surface area contributed by atoms with E-state index in [1.165, 1.54) is 0 Å². The molecular formula is C11H16ClN3O. The molecule has 0 fully saturated rings. The van der Waals surface area contributed by atoms with Crippen LogP contribution in [0.25, 0.3) is 0 Å². The zero-order valence-corrected chi connectivity index (χ0v) is 10.2. The van der Waals surface area contributed by atoms with Gasteiger partial charge >= 0.3 is 0 Å². The number of amides is 1. The molecular weight excluding hydrogens is 226 g/mol. The number of nitrogens with zero attached hydrogens (tertiary/aromatic N) is 1. The van der Waals surface area contributed by atoms with Gasteiger partial charge in [-0.1, -0.05) is 17.7 Å². The molecule has 4 nitrogen and oxygen atoms in total. The van der Waals surface area contributed by atoms with Gasteiger partial charge in [0.25, 0.3) is 0 Å². The third kappa shape index (κ3) is 3.40. The minimum atomic E-state index is -0.363. The van der Waals surface area contributed by atoms with E-state index in [0.717, 1.165) is 17.8 Å². The summed E-state index contributed by atoms with van der Waals surface area (Å²) in [6, 6.07) is 5.60. The minimum Gasteiger partial charge on any atom is -0.368 e. The van der Waals surface area contributed by atoms with Crippen molar-refractivity contribution in [2.24, 2.45) is 5.73 Å². The molecule has 0 aromatic heterocycles. The zero-order valence-electron chi connectivity index (χ0n) is 9.46. The summed E-state index contributed by atoms with van der Waals surface area (Å²) >= 11 is 5.93. The van der Waals surface area contributed by atoms with Gasteiger partial charge in [0, 0.05) is 24.3 Å². The van der Waals surface area contributed by atoms with Gasteiger partial charge in [-0.15, -0.1) is 0 Å². The first-order valence-electron chi connectivity index (χ1n) is 4.97. The summed E-state index contributed by atoms with van der Waals surface area (Å²) in [4.78, 5) is 12.7. The lowest BCUT2D eigenvalue weighted by Gasteiger charge is -2.21. The van der Waals surface area contributed by atoms with Crippen molar-refractivity contribution in [1.82, 2.24) is 5.32 Å². The maximum Gasteiger partial charge on any atom is 0.236 e. The molecule has 1 amide bonds. The number of hydrogen-bond acceptors (Lipinski definition) is 3. The molecule has 0 heterocycles. The number of rotatable bonds is 5. The highest BCUT2D eigenvalue weighted by Crippen LogP contribution is 2.23. The first-order valence-corrected chi connectivity index (χ1v) is 5.35. The van der Waals surface area contributed by atoms with Crippen molar-refractivity contribution < 1.29 is 4.79 Å². The first-order chi connectivity index (χ1) is 7.54. The molecule has 0 radical (unpaired) electrons. The summed E-state index contributed by atoms with van der Waals surface area (Å²) in [5.41, 5.74) is 7.16. The van der Waals surface area contributed by atoms with Crippen LogP contribution in [0.1, 0.15) is 5.56 Å². The molecule has 0 bridgehead atoms. The average molecular weight is 242 g/mol. The molecule has 1 aromatic carbocycles. The molecule has 0 aliphatic heterocycles. The monoisotopic (exact) mass is 241 g/mol. The molecule has 0 saturated heterocycles. The normalized spacial score (nSPS) is 10.2. The number of hydrogen-bond donors (Lipinski definition) is 2. The molecule has 5 heteroatoms. The molecule has 3 N–H and O–H groups in total. The van der Waals surface area contributed by atoms with Gasteiger partial charge in [-0.05, 0) is 24.7 Å². The van der Waals surface area contributed by atoms with Gasteiger partial charge in [-0.25, -0.2) is 0 Å². The Kier molecular flexibility index (Phi) is 4.58. The topological polar surface area (TPSA) is 58.4 Å². The Balaban J connectivity index is 2.98. The van der Waals surface area contributed by atoms with Crippen molar-refractivity contribution >= 4 is 23.2 Å². The highest BCUT2D eigenvalue weighted by Gasteiger charge is 2.09. The summed E-state index contributed by atoms with van der Waals surface area (Å²) in [5.74, 6) is -0.363. The van der Waals surface area contributed by atoms with E-state index in [-0.39, 0.29) is 12.5 Å². The van der Waals surface area contributed by atoms with E-state index in [0.29, 0.717) is 5.02 Å². The van der Waals surface area contributed by atoms with Crippen LogP contribution in [0, 0.1) is 0 Å². The Labute approximate surface area is 100 Å². The lowest BCUT2D eigenvalue weighted by Crippen LogP contribution is -2.31. The number of likely N-dealkylation sites (N-methyl/N-ethyl adjacent to an activating group) is 1. The van der Waals surface area contributed by atoms with Crippen LogP contribution >= 0.6 is 11.6 Å². The van der Waals surface area contributed by atoms with Gasteiger partial charge in [0.15, 0.2) is 0 Å². The minimum absolute atomic E-state index is 0.178. The SMILES string of the molecule is CNCc1ccc(Cl)cc1N(C)CC(N)=O. The molecule has 0 aliphatic carbocycles. The van der Waals surface area contributed by atoms with Gasteiger partial charge in [0.1, 0.15) is 0 Å². The Bertz CT molecular complexity index is 381. The van der Waals surface area contributed by atoms with Gasteiger partial charge in [0.05, 0.1) is 6.54 Å². The van der Waals surface area contributed by atoms with Crippen molar-refractivity contribution in [3.05, 3.63) is 28.8 Å². The van der Waals surface area contributed by atoms with E-state index >= 15 is 0 Å². The lowest BCUT2D eigenvalue weighted by atomic mass is 10.1. The van der Waals surface area contributed by atoms with Crippen LogP contribution in [0.5, 0.6) is 0 Å². The van der Waals surface area contributed by atoms with Gasteiger partial charge in [0.2, 0.25) is 5.91 Å². The first kappa shape index (κ1) is 12.8. The summed E-state index contributed by atoms with van der Waals surface area (Å²) in [6.45, 7) is 0.895. The predicted octanol–water partition coefficient (Wildman–Crippen LogP) is 0.981. The third-order valence-corrected chi connectivity index (χ3v) is 2.45. The van der Waals surface area contributed by atoms with Crippen molar-refractivity contribution in [3.8, 4) is 0 Å². The summed E-state index contributed by atoms with van der Waals surface area (Å²) in [6.07, 6.45) is 0. The highest BCUT2D eigenvalue weighted by atomic mass is 35.5. The third-order valence-electron chi connectivity index (χ3n) is 2.22. The molecule has 0 aliphatic rings. The highest BCUT2D eigenvalue weighted by molar-refractivity contribution is 6.30. The van der Waals surface area contributed by atoms with Crippen LogP contribution in [-0.4, -0.2) is 26.5 Å². The van der Waals surface area contributed by atoms with Crippen molar-refractivity contribution in [1.29, 1.82) is 0 Å². The molecule has 88 valence electrons. The van der Waals surface area contributed by atoms with Gasteiger partial charge in [-0.3, -0.25) is 4.79 Å². The molecule has 0 unspecified atom stereocenters. The van der Waals surface area contributed by atoms with Gasteiger partial charge < -0.3 is 16.0 Å². The number of primary amides is 1. The van der Waals surface area contributed by atoms with E-state index in [1.54, 1.807) is 4.90 Å². The average Bonchev–Trinajstić information content (AvgIpc) is 2.20. The second-order valence-electron chi connectivity index (χ2n) is 3.63. The smallest absolute Gasteiger partial charge is 0.236 e. The van der Waals surface area contributed by atoms with E-state index in [2.05, 4.69) is 5.32 Å². The summed E-state index contributed by atoms with van der Waals surface area (Å²) in [5, 5.41) is 3.71. The van der Waals surface area contributed by atoms with Gasteiger partial charge in [-0.2, -0.15) is 0 Å². The van der Waals surface area contributed by atoms with E-state index in [9.17, 15) is 4.79 Å². The van der Waals surface area contributed by atoms with E-state index < -0.39 is 0 Å². The second-order valence-corrected chi connectivity index (χ2v) is 4.06. The predicted molar refractivity (Wildman–Crippen MR) is 66.7 cm³/mol. The Hall–Kier alpha value is -1.26. The van der Waals surface area contributed by atoms with Crippen LogP contribution < -0.4 is 16.0 Å². The lowest BCUT2D eigenvalue weighted by molar-refractivity contribution is -0.116. The maximum absolute atomic E-state index is 10.9. The molecule has 0 spiro atoms. The number of halogens is 1. The largest absolute Gasteiger partial charge is 0.368 e. The van der Waals surface area contributed by atoms with Crippen molar-refractivity contribution in [2.75, 3.05) is 25.5 Å². The quantitative estimate of drug-likeness (QED) is 0.808. The number of nitrogens with two attached hydrogens (primary N) is 1. The Morgan fingerprint density at radius 1 is 1.56 bits per heavy atom. The number of nitrogens with one attached hydrogen (secondary N) is 1. The Morgan fingerprint density at radius 2 is 2.25 bits per heavy atom. The number of carbonyl (C=O) groups is 1. The molecule has 1 aromatic rings. The standard InChI is InChI=1S/C11H16ClN3O/c1-14-6-8-3-4-9(12)5-10(8)15(2)7-11(13)16/h3-5,14H,6-7H2,1-2H3,(H2,13,16). The number of anilines is 1. The zero-order chi connectivity index (χ0) is 12.1. The molecule has 16 heavy (non-hydrogen) atoms. The molecule has 0 atom stereocenters. The summed E-state index contributed by atoms with van der Waals surface area (Å²) in [7, 11) is 3.68. The molecule has 1 rings (SSSR count). The van der Waals surface area contributed by atoms with Crippen LogP contribution in [0.15, 0.2) is 18.2 Å². The van der Waals surface area contributed by atoms with Crippen LogP contribution in [0.4, 0.5) is 5.69 Å². The van der Waals surface area contributed by atoms with Crippen LogP contribution in [-0.2, 0) is 11.3 Å². The Morgan fingerprint density at radius 3 is 2.81 bits per heavy atom. The van der Waals surface area contributed by atoms with E-state index in [1.807, 2.05) is 32.3 Å². The van der Waals surface area contributed by atoms with Crippen LogP contribution in [0.2, 0.25) is 5.02 Å². The fraction of sp³-hybridized carbons (Fsp3) is 0.364. The summed E-state index contributed by atoms with van der Waals surface area (Å²) < 4.78 is 0. The number of carbonyl (C=O) groups excluding carboxylic acids is 1. The second kappa shape index (κ2) is 5.72. The van der Waals surface area contributed by atoms with Crippen molar-refractivity contribution in [3.63, 3.8) is 0 Å². The van der Waals surface area contributed by atoms with Crippen molar-refractivity contribution in [2.45, 2.75) is 6.54 Å². The fourth-order valence-electron chi connectivity index (χ4n) is 1.55. The maximum atomic E-state index is 10.9. The fourth-order valence-corrected chi connectivity index (χ4v) is 1.72.